The minimum absolute atomic E-state index is 0.744. The third kappa shape index (κ3) is 1.80. The molecule has 0 radical (unpaired) electrons. The summed E-state index contributed by atoms with van der Waals surface area (Å²) >= 11 is 0. The van der Waals surface area contributed by atoms with Gasteiger partial charge in [0.05, 0.1) is 0 Å². The minimum Gasteiger partial charge on any atom is -0.327 e. The summed E-state index contributed by atoms with van der Waals surface area (Å²) in [6, 6.07) is 0. The van der Waals surface area contributed by atoms with Crippen molar-refractivity contribution in [1.82, 2.24) is 4.90 Å². The van der Waals surface area contributed by atoms with Gasteiger partial charge < -0.3 is 10.6 Å². The van der Waals surface area contributed by atoms with Crippen LogP contribution in [0.4, 0.5) is 0 Å². The average Bonchev–Trinajstić information content (AvgIpc) is 1.90. The normalized spacial score (nSPS) is 21.8. The molecule has 2 N–H and O–H groups in total. The van der Waals surface area contributed by atoms with E-state index < -0.39 is 0 Å². The lowest BCUT2D eigenvalue weighted by atomic mass is 10.1. The lowest BCUT2D eigenvalue weighted by Gasteiger charge is -2.20. The summed E-state index contributed by atoms with van der Waals surface area (Å²) in [6.45, 7) is 2.99. The predicted octanol–water partition coefficient (Wildman–Crippen LogP) is 0.207. The molecule has 0 unspecified atom stereocenters. The van der Waals surface area contributed by atoms with Gasteiger partial charge in [-0.2, -0.15) is 0 Å². The molecule has 0 amide bonds. The summed E-state index contributed by atoms with van der Waals surface area (Å²) in [5, 5.41) is 0. The van der Waals surface area contributed by atoms with Gasteiger partial charge in [-0.05, 0) is 13.5 Å². The molecule has 1 aliphatic heterocycles. The van der Waals surface area contributed by atoms with E-state index in [2.05, 4.69) is 18.0 Å². The number of nitrogens with zero attached hydrogens (tertiary/aromatic N) is 1. The largest absolute Gasteiger partial charge is 0.327 e. The van der Waals surface area contributed by atoms with Gasteiger partial charge in [0.15, 0.2) is 0 Å². The van der Waals surface area contributed by atoms with E-state index >= 15 is 0 Å². The molecule has 2 nitrogen and oxygen atoms in total. The van der Waals surface area contributed by atoms with Gasteiger partial charge in [-0.3, -0.25) is 0 Å². The van der Waals surface area contributed by atoms with E-state index in [0.717, 1.165) is 19.5 Å². The van der Waals surface area contributed by atoms with Gasteiger partial charge >= 0.3 is 0 Å². The second-order valence-electron chi connectivity index (χ2n) is 2.58. The third-order valence-electron chi connectivity index (χ3n) is 1.77. The van der Waals surface area contributed by atoms with E-state index in [4.69, 9.17) is 5.73 Å². The van der Waals surface area contributed by atoms with Crippen molar-refractivity contribution < 1.29 is 0 Å². The first kappa shape index (κ1) is 6.78. The van der Waals surface area contributed by atoms with Crippen LogP contribution in [0.5, 0.6) is 0 Å². The van der Waals surface area contributed by atoms with Crippen LogP contribution < -0.4 is 5.73 Å². The van der Waals surface area contributed by atoms with E-state index in [1.165, 1.54) is 12.1 Å². The Kier molecular flexibility index (Phi) is 2.25. The standard InChI is InChI=1S/C7H14N2/c1-9-4-2-7(6-8)3-5-9/h2H,3-6,8H2,1H3. The van der Waals surface area contributed by atoms with Crippen molar-refractivity contribution in [2.45, 2.75) is 6.42 Å². The molecule has 0 atom stereocenters. The molecule has 1 heterocycles. The number of likely N-dealkylation sites (N-methyl/N-ethyl adjacent to an activating group) is 1. The van der Waals surface area contributed by atoms with Crippen LogP contribution in [0, 0.1) is 0 Å². The van der Waals surface area contributed by atoms with Crippen molar-refractivity contribution in [2.24, 2.45) is 5.73 Å². The highest BCUT2D eigenvalue weighted by molar-refractivity contribution is 5.07. The molecule has 1 rings (SSSR count). The van der Waals surface area contributed by atoms with Gasteiger partial charge in [-0.15, -0.1) is 0 Å². The molecule has 0 saturated carbocycles. The average molecular weight is 126 g/mol. The molecule has 0 aromatic heterocycles. The van der Waals surface area contributed by atoms with E-state index in [-0.39, 0.29) is 0 Å². The second kappa shape index (κ2) is 2.99. The van der Waals surface area contributed by atoms with Crippen LogP contribution in [0.2, 0.25) is 0 Å². The van der Waals surface area contributed by atoms with Crippen LogP contribution in [0.15, 0.2) is 11.6 Å². The first-order valence-corrected chi connectivity index (χ1v) is 3.39. The van der Waals surface area contributed by atoms with Crippen molar-refractivity contribution in [3.63, 3.8) is 0 Å². The quantitative estimate of drug-likeness (QED) is 0.509. The van der Waals surface area contributed by atoms with Gasteiger partial charge in [0.1, 0.15) is 0 Å². The zero-order chi connectivity index (χ0) is 6.69. The molecule has 0 aliphatic carbocycles. The zero-order valence-electron chi connectivity index (χ0n) is 5.93. The Morgan fingerprint density at radius 2 is 2.56 bits per heavy atom. The number of nitrogens with two attached hydrogens (primary N) is 1. The molecule has 0 bridgehead atoms. The monoisotopic (exact) mass is 126 g/mol. The maximum Gasteiger partial charge on any atom is 0.0163 e. The van der Waals surface area contributed by atoms with E-state index in [1.54, 1.807) is 0 Å². The summed E-state index contributed by atoms with van der Waals surface area (Å²) in [6.07, 6.45) is 3.39. The molecular weight excluding hydrogens is 112 g/mol. The van der Waals surface area contributed by atoms with Crippen LogP contribution in [-0.2, 0) is 0 Å². The lowest BCUT2D eigenvalue weighted by Crippen LogP contribution is -2.25. The Hall–Kier alpha value is -0.340. The van der Waals surface area contributed by atoms with Crippen molar-refractivity contribution >= 4 is 0 Å². The number of hydrogen-bond acceptors (Lipinski definition) is 2. The van der Waals surface area contributed by atoms with E-state index in [0.29, 0.717) is 0 Å². The van der Waals surface area contributed by atoms with Crippen LogP contribution in [0.25, 0.3) is 0 Å². The summed E-state index contributed by atoms with van der Waals surface area (Å²) in [7, 11) is 2.13. The molecular formula is C7H14N2. The second-order valence-corrected chi connectivity index (χ2v) is 2.58. The molecule has 2 heteroatoms. The molecule has 0 spiro atoms. The van der Waals surface area contributed by atoms with Gasteiger partial charge in [0.2, 0.25) is 0 Å². The van der Waals surface area contributed by atoms with E-state index in [1.807, 2.05) is 0 Å². The fraction of sp³-hybridized carbons (Fsp3) is 0.714. The molecule has 0 aromatic rings. The number of rotatable bonds is 1. The lowest BCUT2D eigenvalue weighted by molar-refractivity contribution is 0.358. The summed E-state index contributed by atoms with van der Waals surface area (Å²) in [4.78, 5) is 2.29. The van der Waals surface area contributed by atoms with Crippen LogP contribution in [0.3, 0.4) is 0 Å². The molecule has 1 aliphatic rings. The van der Waals surface area contributed by atoms with E-state index in [9.17, 15) is 0 Å². The molecule has 0 aromatic carbocycles. The fourth-order valence-electron chi connectivity index (χ4n) is 0.998. The van der Waals surface area contributed by atoms with Gasteiger partial charge in [0.25, 0.3) is 0 Å². The molecule has 0 fully saturated rings. The maximum absolute atomic E-state index is 5.46. The van der Waals surface area contributed by atoms with Crippen LogP contribution in [-0.4, -0.2) is 31.6 Å². The smallest absolute Gasteiger partial charge is 0.0163 e. The summed E-state index contributed by atoms with van der Waals surface area (Å²) in [5.74, 6) is 0. The molecule has 52 valence electrons. The Balaban J connectivity index is 2.40. The maximum atomic E-state index is 5.46. The van der Waals surface area contributed by atoms with Gasteiger partial charge in [-0.1, -0.05) is 11.6 Å². The Morgan fingerprint density at radius 1 is 1.78 bits per heavy atom. The summed E-state index contributed by atoms with van der Waals surface area (Å²) in [5.41, 5.74) is 6.87. The van der Waals surface area contributed by atoms with Gasteiger partial charge in [-0.25, -0.2) is 0 Å². The highest BCUT2D eigenvalue weighted by atomic mass is 15.1. The highest BCUT2D eigenvalue weighted by Gasteiger charge is 2.04. The molecule has 0 saturated heterocycles. The van der Waals surface area contributed by atoms with Crippen molar-refractivity contribution in [1.29, 1.82) is 0 Å². The number of hydrogen-bond donors (Lipinski definition) is 1. The third-order valence-corrected chi connectivity index (χ3v) is 1.77. The molecule has 9 heavy (non-hydrogen) atoms. The minimum atomic E-state index is 0.744. The summed E-state index contributed by atoms with van der Waals surface area (Å²) < 4.78 is 0. The first-order valence-electron chi connectivity index (χ1n) is 3.39. The Morgan fingerprint density at radius 3 is 3.00 bits per heavy atom. The first-order chi connectivity index (χ1) is 4.33. The Bertz CT molecular complexity index is 118. The SMILES string of the molecule is CN1CC=C(CN)CC1. The van der Waals surface area contributed by atoms with Crippen molar-refractivity contribution in [2.75, 3.05) is 26.7 Å². The van der Waals surface area contributed by atoms with Gasteiger partial charge in [0, 0.05) is 19.6 Å². The van der Waals surface area contributed by atoms with Crippen molar-refractivity contribution in [3.8, 4) is 0 Å². The highest BCUT2D eigenvalue weighted by Crippen LogP contribution is 2.06. The van der Waals surface area contributed by atoms with Crippen molar-refractivity contribution in [3.05, 3.63) is 11.6 Å². The predicted molar refractivity (Wildman–Crippen MR) is 39.3 cm³/mol. The van der Waals surface area contributed by atoms with Crippen LogP contribution >= 0.6 is 0 Å². The topological polar surface area (TPSA) is 29.3 Å². The zero-order valence-corrected chi connectivity index (χ0v) is 5.93. The van der Waals surface area contributed by atoms with Crippen LogP contribution in [0.1, 0.15) is 6.42 Å². The fourth-order valence-corrected chi connectivity index (χ4v) is 0.998. The Labute approximate surface area is 56.3 Å².